The highest BCUT2D eigenvalue weighted by Crippen LogP contribution is 2.28. The Labute approximate surface area is 149 Å². The lowest BCUT2D eigenvalue weighted by Crippen LogP contribution is -2.13. The maximum absolute atomic E-state index is 13.1. The molecule has 4 nitrogen and oxygen atoms in total. The second-order valence-electron chi connectivity index (χ2n) is 5.35. The van der Waals surface area contributed by atoms with Crippen molar-refractivity contribution in [3.8, 4) is 11.1 Å². The van der Waals surface area contributed by atoms with Crippen LogP contribution in [0.5, 0.6) is 0 Å². The van der Waals surface area contributed by atoms with Crippen molar-refractivity contribution in [3.05, 3.63) is 72.2 Å². The predicted molar refractivity (Wildman–Crippen MR) is 100 cm³/mol. The van der Waals surface area contributed by atoms with Gasteiger partial charge in [0.15, 0.2) is 0 Å². The number of anilines is 2. The summed E-state index contributed by atoms with van der Waals surface area (Å²) in [5, 5.41) is 3.64. The summed E-state index contributed by atoms with van der Waals surface area (Å²) in [6.07, 6.45) is 3.45. The van der Waals surface area contributed by atoms with Gasteiger partial charge in [-0.3, -0.25) is 4.79 Å². The van der Waals surface area contributed by atoms with Crippen LogP contribution in [0.1, 0.15) is 10.4 Å². The summed E-state index contributed by atoms with van der Waals surface area (Å²) in [5.74, 6) is -0.586. The number of nitrogens with two attached hydrogens (primary N) is 1. The van der Waals surface area contributed by atoms with E-state index in [0.29, 0.717) is 16.9 Å². The number of pyridine rings is 1. The van der Waals surface area contributed by atoms with E-state index >= 15 is 0 Å². The third kappa shape index (κ3) is 3.97. The Hall–Kier alpha value is -2.86. The lowest BCUT2D eigenvalue weighted by Gasteiger charge is -2.11. The second-order valence-corrected chi connectivity index (χ2v) is 6.18. The molecule has 0 saturated heterocycles. The number of carbonyl (C=O) groups is 1. The van der Waals surface area contributed by atoms with E-state index in [2.05, 4.69) is 10.3 Å². The van der Waals surface area contributed by atoms with Crippen molar-refractivity contribution < 1.29 is 9.18 Å². The standard InChI is InChI=1S/C19H16FN3OS/c1-25-18-9-5-14(11-22-18)19(24)23-17-10-13(4-8-16(17)21)12-2-6-15(20)7-3-12/h2-11H,21H2,1H3,(H,23,24). The molecule has 0 aliphatic rings. The van der Waals surface area contributed by atoms with Crippen LogP contribution < -0.4 is 11.1 Å². The molecule has 0 aliphatic heterocycles. The van der Waals surface area contributed by atoms with Gasteiger partial charge in [0.25, 0.3) is 5.91 Å². The molecule has 1 aromatic heterocycles. The van der Waals surface area contributed by atoms with Gasteiger partial charge in [-0.2, -0.15) is 0 Å². The minimum Gasteiger partial charge on any atom is -0.397 e. The van der Waals surface area contributed by atoms with Crippen molar-refractivity contribution >= 4 is 29.0 Å². The summed E-state index contributed by atoms with van der Waals surface area (Å²) >= 11 is 1.51. The molecule has 3 rings (SSSR count). The highest BCUT2D eigenvalue weighted by molar-refractivity contribution is 7.98. The molecule has 2 aromatic carbocycles. The number of rotatable bonds is 4. The molecule has 0 fully saturated rings. The topological polar surface area (TPSA) is 68.0 Å². The minimum absolute atomic E-state index is 0.289. The number of nitrogens with one attached hydrogen (secondary N) is 1. The van der Waals surface area contributed by atoms with Gasteiger partial charge < -0.3 is 11.1 Å². The minimum atomic E-state index is -0.297. The summed E-state index contributed by atoms with van der Waals surface area (Å²) in [4.78, 5) is 16.6. The van der Waals surface area contributed by atoms with Gasteiger partial charge in [0, 0.05) is 6.20 Å². The van der Waals surface area contributed by atoms with Gasteiger partial charge in [-0.1, -0.05) is 18.2 Å². The van der Waals surface area contributed by atoms with Crippen LogP contribution in [-0.4, -0.2) is 17.1 Å². The molecule has 1 heterocycles. The molecule has 0 radical (unpaired) electrons. The monoisotopic (exact) mass is 353 g/mol. The first-order valence-electron chi connectivity index (χ1n) is 7.53. The van der Waals surface area contributed by atoms with E-state index < -0.39 is 0 Å². The Morgan fingerprint density at radius 2 is 1.80 bits per heavy atom. The zero-order chi connectivity index (χ0) is 17.8. The fourth-order valence-corrected chi connectivity index (χ4v) is 2.68. The Morgan fingerprint density at radius 3 is 2.44 bits per heavy atom. The van der Waals surface area contributed by atoms with Crippen molar-refractivity contribution in [2.75, 3.05) is 17.3 Å². The van der Waals surface area contributed by atoms with Crippen LogP contribution in [0.25, 0.3) is 11.1 Å². The van der Waals surface area contributed by atoms with Gasteiger partial charge in [-0.15, -0.1) is 11.8 Å². The molecular formula is C19H16FN3OS. The number of thioether (sulfide) groups is 1. The lowest BCUT2D eigenvalue weighted by molar-refractivity contribution is 0.102. The van der Waals surface area contributed by atoms with Gasteiger partial charge in [0.1, 0.15) is 5.82 Å². The number of hydrogen-bond donors (Lipinski definition) is 2. The van der Waals surface area contributed by atoms with Crippen LogP contribution in [-0.2, 0) is 0 Å². The first kappa shape index (κ1) is 17.0. The van der Waals surface area contributed by atoms with Crippen molar-refractivity contribution in [2.45, 2.75) is 5.03 Å². The average molecular weight is 353 g/mol. The Bertz CT molecular complexity index is 896. The largest absolute Gasteiger partial charge is 0.397 e. The smallest absolute Gasteiger partial charge is 0.257 e. The summed E-state index contributed by atoms with van der Waals surface area (Å²) in [7, 11) is 0. The van der Waals surface area contributed by atoms with E-state index in [1.807, 2.05) is 12.3 Å². The molecule has 6 heteroatoms. The fraction of sp³-hybridized carbons (Fsp3) is 0.0526. The SMILES string of the molecule is CSc1ccc(C(=O)Nc2cc(-c3ccc(F)cc3)ccc2N)cn1. The molecule has 126 valence electrons. The third-order valence-corrected chi connectivity index (χ3v) is 4.35. The second kappa shape index (κ2) is 7.36. The zero-order valence-electron chi connectivity index (χ0n) is 13.5. The number of hydrogen-bond acceptors (Lipinski definition) is 4. The summed E-state index contributed by atoms with van der Waals surface area (Å²) < 4.78 is 13.1. The number of aromatic nitrogens is 1. The van der Waals surface area contributed by atoms with Crippen LogP contribution in [0.4, 0.5) is 15.8 Å². The van der Waals surface area contributed by atoms with E-state index in [1.54, 1.807) is 36.4 Å². The lowest BCUT2D eigenvalue weighted by atomic mass is 10.0. The number of benzene rings is 2. The van der Waals surface area contributed by atoms with Gasteiger partial charge >= 0.3 is 0 Å². The molecule has 0 unspecified atom stereocenters. The van der Waals surface area contributed by atoms with Gasteiger partial charge in [0.05, 0.1) is 22.0 Å². The Balaban J connectivity index is 1.84. The third-order valence-electron chi connectivity index (χ3n) is 3.69. The van der Waals surface area contributed by atoms with Gasteiger partial charge in [-0.25, -0.2) is 9.37 Å². The van der Waals surface area contributed by atoms with E-state index in [4.69, 9.17) is 5.73 Å². The maximum Gasteiger partial charge on any atom is 0.257 e. The molecule has 0 saturated carbocycles. The average Bonchev–Trinajstić information content (AvgIpc) is 2.64. The van der Waals surface area contributed by atoms with Crippen molar-refractivity contribution in [3.63, 3.8) is 0 Å². The van der Waals surface area contributed by atoms with Crippen LogP contribution in [0, 0.1) is 5.82 Å². The molecule has 0 bridgehead atoms. The van der Waals surface area contributed by atoms with Crippen LogP contribution in [0.15, 0.2) is 65.8 Å². The maximum atomic E-state index is 13.1. The number of carbonyl (C=O) groups excluding carboxylic acids is 1. The Morgan fingerprint density at radius 1 is 1.08 bits per heavy atom. The van der Waals surface area contributed by atoms with Crippen molar-refractivity contribution in [1.82, 2.24) is 4.98 Å². The van der Waals surface area contributed by atoms with Crippen LogP contribution >= 0.6 is 11.8 Å². The molecule has 1 amide bonds. The van der Waals surface area contributed by atoms with Gasteiger partial charge in [0.2, 0.25) is 0 Å². The van der Waals surface area contributed by atoms with E-state index in [1.165, 1.54) is 30.1 Å². The normalized spacial score (nSPS) is 10.5. The number of halogens is 1. The summed E-state index contributed by atoms with van der Waals surface area (Å²) in [6, 6.07) is 15.0. The van der Waals surface area contributed by atoms with E-state index in [-0.39, 0.29) is 11.7 Å². The number of nitrogens with zero attached hydrogens (tertiary/aromatic N) is 1. The fourth-order valence-electron chi connectivity index (χ4n) is 2.32. The van der Waals surface area contributed by atoms with Crippen molar-refractivity contribution in [1.29, 1.82) is 0 Å². The molecule has 25 heavy (non-hydrogen) atoms. The predicted octanol–water partition coefficient (Wildman–Crippen LogP) is 4.44. The molecule has 3 N–H and O–H groups in total. The number of amides is 1. The van der Waals surface area contributed by atoms with Crippen LogP contribution in [0.3, 0.4) is 0 Å². The quantitative estimate of drug-likeness (QED) is 0.537. The molecular weight excluding hydrogens is 337 g/mol. The first-order chi connectivity index (χ1) is 12.1. The van der Waals surface area contributed by atoms with Crippen LogP contribution in [0.2, 0.25) is 0 Å². The highest BCUT2D eigenvalue weighted by Gasteiger charge is 2.10. The van der Waals surface area contributed by atoms with Gasteiger partial charge in [-0.05, 0) is 53.8 Å². The zero-order valence-corrected chi connectivity index (χ0v) is 14.3. The van der Waals surface area contributed by atoms with E-state index in [0.717, 1.165) is 16.2 Å². The molecule has 0 atom stereocenters. The molecule has 3 aromatic rings. The number of nitrogen functional groups attached to an aromatic ring is 1. The molecule has 0 aliphatic carbocycles. The molecule has 0 spiro atoms. The van der Waals surface area contributed by atoms with E-state index in [9.17, 15) is 9.18 Å². The summed E-state index contributed by atoms with van der Waals surface area (Å²) in [6.45, 7) is 0. The first-order valence-corrected chi connectivity index (χ1v) is 8.76. The Kier molecular flexibility index (Phi) is 5.00. The highest BCUT2D eigenvalue weighted by atomic mass is 32.2. The van der Waals surface area contributed by atoms with Crippen molar-refractivity contribution in [2.24, 2.45) is 0 Å². The summed E-state index contributed by atoms with van der Waals surface area (Å²) in [5.41, 5.74) is 9.04.